The summed E-state index contributed by atoms with van der Waals surface area (Å²) in [6.07, 6.45) is 0.0255. The van der Waals surface area contributed by atoms with E-state index in [9.17, 15) is 0 Å². The highest BCUT2D eigenvalue weighted by Gasteiger charge is 2.31. The van der Waals surface area contributed by atoms with Crippen LogP contribution in [0.1, 0.15) is 0 Å². The molecule has 2 atom stereocenters. The van der Waals surface area contributed by atoms with Crippen molar-refractivity contribution < 1.29 is 9.47 Å². The maximum absolute atomic E-state index is 5.11. The Morgan fingerprint density at radius 2 is 2.20 bits per heavy atom. The van der Waals surface area contributed by atoms with E-state index in [1.54, 1.807) is 14.2 Å². The molecule has 0 amide bonds. The molecule has 0 bridgehead atoms. The van der Waals surface area contributed by atoms with Gasteiger partial charge in [0.2, 0.25) is 0 Å². The lowest BCUT2D eigenvalue weighted by atomic mass is 10.2. The van der Waals surface area contributed by atoms with Crippen LogP contribution in [0.5, 0.6) is 0 Å². The van der Waals surface area contributed by atoms with E-state index in [0.29, 0.717) is 0 Å². The highest BCUT2D eigenvalue weighted by atomic mass is 32.1. The van der Waals surface area contributed by atoms with Gasteiger partial charge in [0.25, 0.3) is 0 Å². The third kappa shape index (κ3) is 1.28. The van der Waals surface area contributed by atoms with Gasteiger partial charge in [0.05, 0.1) is 0 Å². The van der Waals surface area contributed by atoms with Crippen LogP contribution in [0, 0.1) is 0 Å². The minimum Gasteiger partial charge on any atom is -0.376 e. The first-order valence-corrected chi connectivity index (χ1v) is 3.53. The molecular weight excluding hydrogens is 150 g/mol. The fourth-order valence-corrected chi connectivity index (χ4v) is 1.37. The monoisotopic (exact) mass is 161 g/mol. The average Bonchev–Trinajstić information content (AvgIpc) is 2.30. The quantitative estimate of drug-likeness (QED) is 0.575. The summed E-state index contributed by atoms with van der Waals surface area (Å²) < 4.78 is 10.2. The predicted octanol–water partition coefficient (Wildman–Crippen LogP) is -0.0530. The van der Waals surface area contributed by atoms with Gasteiger partial charge in [0.15, 0.2) is 0 Å². The van der Waals surface area contributed by atoms with Gasteiger partial charge in [-0.15, -0.1) is 0 Å². The van der Waals surface area contributed by atoms with E-state index >= 15 is 0 Å². The fourth-order valence-electron chi connectivity index (χ4n) is 1.04. The summed E-state index contributed by atoms with van der Waals surface area (Å²) in [5.74, 6) is 0. The van der Waals surface area contributed by atoms with Crippen molar-refractivity contribution in [2.45, 2.75) is 12.2 Å². The van der Waals surface area contributed by atoms with E-state index in [1.807, 2.05) is 0 Å². The molecular formula is C6H11NO2S. The third-order valence-electron chi connectivity index (χ3n) is 1.63. The van der Waals surface area contributed by atoms with E-state index in [1.165, 1.54) is 0 Å². The Balaban J connectivity index is 2.54. The van der Waals surface area contributed by atoms with Crippen LogP contribution in [-0.2, 0) is 9.47 Å². The normalized spacial score (nSPS) is 32.4. The molecule has 1 fully saturated rings. The van der Waals surface area contributed by atoms with Gasteiger partial charge in [0.1, 0.15) is 17.2 Å². The smallest absolute Gasteiger partial charge is 0.135 e. The molecule has 1 aliphatic heterocycles. The first-order chi connectivity index (χ1) is 4.79. The Hall–Kier alpha value is -0.190. The van der Waals surface area contributed by atoms with Crippen molar-refractivity contribution in [3.8, 4) is 0 Å². The first-order valence-electron chi connectivity index (χ1n) is 3.13. The third-order valence-corrected chi connectivity index (χ3v) is 2.01. The van der Waals surface area contributed by atoms with Crippen LogP contribution in [-0.4, -0.2) is 38.0 Å². The molecule has 0 spiro atoms. The Morgan fingerprint density at radius 3 is 2.60 bits per heavy atom. The van der Waals surface area contributed by atoms with Crippen molar-refractivity contribution in [3.63, 3.8) is 0 Å². The molecule has 3 nitrogen and oxygen atoms in total. The number of hydrogen-bond donors (Lipinski definition) is 1. The van der Waals surface area contributed by atoms with Crippen LogP contribution in [0.3, 0.4) is 0 Å². The summed E-state index contributed by atoms with van der Waals surface area (Å²) in [7, 11) is 3.29. The van der Waals surface area contributed by atoms with E-state index < -0.39 is 0 Å². The molecule has 0 aromatic heterocycles. The number of thiocarbonyl (C=S) groups is 1. The minimum absolute atomic E-state index is 0.0556. The largest absolute Gasteiger partial charge is 0.376 e. The molecule has 0 radical (unpaired) electrons. The molecule has 0 saturated carbocycles. The van der Waals surface area contributed by atoms with Gasteiger partial charge >= 0.3 is 0 Å². The summed E-state index contributed by atoms with van der Waals surface area (Å²) in [5, 5.41) is 3.00. The zero-order valence-corrected chi connectivity index (χ0v) is 6.90. The van der Waals surface area contributed by atoms with Gasteiger partial charge in [-0.3, -0.25) is 0 Å². The van der Waals surface area contributed by atoms with Crippen molar-refractivity contribution in [2.24, 2.45) is 0 Å². The molecule has 0 aromatic rings. The predicted molar refractivity (Wildman–Crippen MR) is 42.2 cm³/mol. The number of nitrogens with one attached hydrogen (secondary N) is 1. The molecule has 0 unspecified atom stereocenters. The zero-order valence-electron chi connectivity index (χ0n) is 6.09. The van der Waals surface area contributed by atoms with Crippen molar-refractivity contribution in [3.05, 3.63) is 0 Å². The summed E-state index contributed by atoms with van der Waals surface area (Å²) in [5.41, 5.74) is 0. The topological polar surface area (TPSA) is 30.5 Å². The highest BCUT2D eigenvalue weighted by molar-refractivity contribution is 7.80. The van der Waals surface area contributed by atoms with E-state index in [4.69, 9.17) is 21.7 Å². The molecule has 4 heteroatoms. The summed E-state index contributed by atoms with van der Waals surface area (Å²) >= 11 is 4.97. The second-order valence-electron chi connectivity index (χ2n) is 2.18. The Morgan fingerprint density at radius 1 is 1.50 bits per heavy atom. The standard InChI is InChI=1S/C6H11NO2S/c1-8-4-3-7-6(10)5(4)9-2/h4-5H,3H2,1-2H3,(H,7,10)/t4-,5+/m0/s1. The molecule has 0 aromatic carbocycles. The molecule has 1 saturated heterocycles. The lowest BCUT2D eigenvalue weighted by Crippen LogP contribution is -2.30. The van der Waals surface area contributed by atoms with Gasteiger partial charge in [-0.25, -0.2) is 0 Å². The van der Waals surface area contributed by atoms with Gasteiger partial charge in [-0.05, 0) is 0 Å². The maximum atomic E-state index is 5.11. The van der Waals surface area contributed by atoms with Crippen molar-refractivity contribution in [1.29, 1.82) is 0 Å². The molecule has 1 rings (SSSR count). The van der Waals surface area contributed by atoms with Crippen molar-refractivity contribution in [2.75, 3.05) is 20.8 Å². The van der Waals surface area contributed by atoms with Crippen LogP contribution in [0.15, 0.2) is 0 Å². The van der Waals surface area contributed by atoms with Gasteiger partial charge in [0, 0.05) is 20.8 Å². The van der Waals surface area contributed by atoms with Crippen LogP contribution < -0.4 is 5.32 Å². The van der Waals surface area contributed by atoms with E-state index in [-0.39, 0.29) is 12.2 Å². The number of hydrogen-bond acceptors (Lipinski definition) is 3. The maximum Gasteiger partial charge on any atom is 0.135 e. The Bertz CT molecular complexity index is 140. The molecule has 1 N–H and O–H groups in total. The second-order valence-corrected chi connectivity index (χ2v) is 2.62. The summed E-state index contributed by atoms with van der Waals surface area (Å²) in [6.45, 7) is 0.758. The summed E-state index contributed by atoms with van der Waals surface area (Å²) in [4.78, 5) is 0.745. The van der Waals surface area contributed by atoms with Gasteiger partial charge in [-0.1, -0.05) is 12.2 Å². The highest BCUT2D eigenvalue weighted by Crippen LogP contribution is 2.09. The van der Waals surface area contributed by atoms with Crippen molar-refractivity contribution >= 4 is 17.2 Å². The van der Waals surface area contributed by atoms with Gasteiger partial charge < -0.3 is 14.8 Å². The second kappa shape index (κ2) is 3.27. The van der Waals surface area contributed by atoms with Crippen LogP contribution in [0.2, 0.25) is 0 Å². The molecule has 1 heterocycles. The molecule has 0 aliphatic carbocycles. The van der Waals surface area contributed by atoms with Crippen molar-refractivity contribution in [1.82, 2.24) is 5.32 Å². The van der Waals surface area contributed by atoms with Crippen LogP contribution in [0.25, 0.3) is 0 Å². The SMILES string of the molecule is CO[C@H]1CNC(=S)[C@@H]1OC. The zero-order chi connectivity index (χ0) is 7.56. The number of ether oxygens (including phenoxy) is 2. The van der Waals surface area contributed by atoms with Crippen LogP contribution in [0.4, 0.5) is 0 Å². The summed E-state index contributed by atoms with van der Waals surface area (Å²) in [6, 6.07) is 0. The number of rotatable bonds is 2. The molecule has 10 heavy (non-hydrogen) atoms. The lowest BCUT2D eigenvalue weighted by molar-refractivity contribution is 0.0153. The lowest BCUT2D eigenvalue weighted by Gasteiger charge is -2.13. The van der Waals surface area contributed by atoms with E-state index in [2.05, 4.69) is 5.32 Å². The molecule has 1 aliphatic rings. The molecule has 58 valence electrons. The van der Waals surface area contributed by atoms with Crippen LogP contribution >= 0.6 is 12.2 Å². The first kappa shape index (κ1) is 7.91. The Kier molecular flexibility index (Phi) is 2.59. The fraction of sp³-hybridized carbons (Fsp3) is 0.833. The number of methoxy groups -OCH3 is 2. The Labute approximate surface area is 65.7 Å². The average molecular weight is 161 g/mol. The van der Waals surface area contributed by atoms with Gasteiger partial charge in [-0.2, -0.15) is 0 Å². The van der Waals surface area contributed by atoms with E-state index in [0.717, 1.165) is 11.5 Å². The minimum atomic E-state index is -0.0556.